The van der Waals surface area contributed by atoms with Crippen LogP contribution in [0.4, 0.5) is 0 Å². The molecule has 0 nitrogen and oxygen atoms in total. The van der Waals surface area contributed by atoms with Crippen molar-refractivity contribution >= 4 is 11.8 Å². The Kier molecular flexibility index (Phi) is 13.1. The Balaban J connectivity index is 3.61. The lowest BCUT2D eigenvalue weighted by Crippen LogP contribution is -2.07. The molecule has 0 spiro atoms. The summed E-state index contributed by atoms with van der Waals surface area (Å²) in [7, 11) is 0. The van der Waals surface area contributed by atoms with Crippen molar-refractivity contribution in [3.63, 3.8) is 0 Å². The monoisotopic (exact) mass is 258 g/mol. The van der Waals surface area contributed by atoms with Crippen LogP contribution in [0.3, 0.4) is 0 Å². The van der Waals surface area contributed by atoms with E-state index in [9.17, 15) is 0 Å². The van der Waals surface area contributed by atoms with E-state index in [-0.39, 0.29) is 0 Å². The molecule has 0 rings (SSSR count). The van der Waals surface area contributed by atoms with Gasteiger partial charge in [-0.3, -0.25) is 0 Å². The molecule has 2 unspecified atom stereocenters. The molecule has 0 fully saturated rings. The van der Waals surface area contributed by atoms with Gasteiger partial charge in [0.1, 0.15) is 0 Å². The van der Waals surface area contributed by atoms with E-state index < -0.39 is 0 Å². The first-order valence-corrected chi connectivity index (χ1v) is 9.01. The SMILES string of the molecule is CCCCC(CC)CSCC(CC)CCCC. The van der Waals surface area contributed by atoms with Crippen LogP contribution in [-0.4, -0.2) is 11.5 Å². The summed E-state index contributed by atoms with van der Waals surface area (Å²) in [5.41, 5.74) is 0. The minimum atomic E-state index is 0.976. The van der Waals surface area contributed by atoms with Gasteiger partial charge in [-0.2, -0.15) is 11.8 Å². The highest BCUT2D eigenvalue weighted by atomic mass is 32.2. The van der Waals surface area contributed by atoms with Crippen molar-refractivity contribution in [1.29, 1.82) is 0 Å². The Morgan fingerprint density at radius 1 is 0.706 bits per heavy atom. The van der Waals surface area contributed by atoms with Crippen LogP contribution in [-0.2, 0) is 0 Å². The van der Waals surface area contributed by atoms with Crippen molar-refractivity contribution in [3.8, 4) is 0 Å². The van der Waals surface area contributed by atoms with Gasteiger partial charge in [-0.15, -0.1) is 0 Å². The van der Waals surface area contributed by atoms with Crippen molar-refractivity contribution in [3.05, 3.63) is 0 Å². The Morgan fingerprint density at radius 3 is 1.41 bits per heavy atom. The maximum Gasteiger partial charge on any atom is -0.00391 e. The van der Waals surface area contributed by atoms with Gasteiger partial charge in [-0.25, -0.2) is 0 Å². The highest BCUT2D eigenvalue weighted by Gasteiger charge is 2.09. The number of unbranched alkanes of at least 4 members (excludes halogenated alkanes) is 2. The molecular formula is C16H34S. The first-order valence-electron chi connectivity index (χ1n) is 7.86. The van der Waals surface area contributed by atoms with E-state index in [0.717, 1.165) is 11.8 Å². The first-order chi connectivity index (χ1) is 8.28. The van der Waals surface area contributed by atoms with Crippen LogP contribution in [0.25, 0.3) is 0 Å². The van der Waals surface area contributed by atoms with Gasteiger partial charge in [0.2, 0.25) is 0 Å². The third kappa shape index (κ3) is 10.00. The van der Waals surface area contributed by atoms with Gasteiger partial charge in [0, 0.05) is 0 Å². The Morgan fingerprint density at radius 2 is 1.12 bits per heavy atom. The summed E-state index contributed by atoms with van der Waals surface area (Å²) in [6.45, 7) is 9.32. The molecule has 0 aliphatic carbocycles. The molecule has 1 heteroatoms. The fourth-order valence-corrected chi connectivity index (χ4v) is 3.81. The lowest BCUT2D eigenvalue weighted by atomic mass is 10.0. The second-order valence-electron chi connectivity index (χ2n) is 5.37. The van der Waals surface area contributed by atoms with Crippen molar-refractivity contribution in [2.24, 2.45) is 11.8 Å². The normalized spacial score (nSPS) is 14.8. The van der Waals surface area contributed by atoms with Gasteiger partial charge in [-0.05, 0) is 36.2 Å². The molecule has 0 aliphatic rings. The average molecular weight is 259 g/mol. The van der Waals surface area contributed by atoms with Crippen LogP contribution in [0.1, 0.15) is 79.1 Å². The molecule has 2 atom stereocenters. The topological polar surface area (TPSA) is 0 Å². The minimum Gasteiger partial charge on any atom is -0.161 e. The maximum absolute atomic E-state index is 2.36. The molecule has 0 aromatic rings. The summed E-state index contributed by atoms with van der Waals surface area (Å²) >= 11 is 2.22. The zero-order valence-corrected chi connectivity index (χ0v) is 13.5. The summed E-state index contributed by atoms with van der Waals surface area (Å²) < 4.78 is 0. The number of hydrogen-bond donors (Lipinski definition) is 0. The quantitative estimate of drug-likeness (QED) is 0.404. The largest absolute Gasteiger partial charge is 0.161 e. The van der Waals surface area contributed by atoms with Crippen molar-refractivity contribution in [1.82, 2.24) is 0 Å². The van der Waals surface area contributed by atoms with Crippen LogP contribution in [0.5, 0.6) is 0 Å². The lowest BCUT2D eigenvalue weighted by molar-refractivity contribution is 0.489. The molecule has 0 aromatic carbocycles. The van der Waals surface area contributed by atoms with Crippen LogP contribution in [0.15, 0.2) is 0 Å². The third-order valence-electron chi connectivity index (χ3n) is 3.79. The summed E-state index contributed by atoms with van der Waals surface area (Å²) in [4.78, 5) is 0. The summed E-state index contributed by atoms with van der Waals surface area (Å²) in [6, 6.07) is 0. The average Bonchev–Trinajstić information content (AvgIpc) is 2.37. The van der Waals surface area contributed by atoms with Gasteiger partial charge in [0.15, 0.2) is 0 Å². The molecular weight excluding hydrogens is 224 g/mol. The number of thioether (sulfide) groups is 1. The lowest BCUT2D eigenvalue weighted by Gasteiger charge is -2.17. The standard InChI is InChI=1S/C16H34S/c1-5-9-11-15(7-3)13-17-14-16(8-4)12-10-6-2/h15-16H,5-14H2,1-4H3. The van der Waals surface area contributed by atoms with Gasteiger partial charge in [0.25, 0.3) is 0 Å². The van der Waals surface area contributed by atoms with Gasteiger partial charge in [0.05, 0.1) is 0 Å². The zero-order valence-electron chi connectivity index (χ0n) is 12.6. The van der Waals surface area contributed by atoms with Crippen molar-refractivity contribution < 1.29 is 0 Å². The van der Waals surface area contributed by atoms with E-state index >= 15 is 0 Å². The Labute approximate surface area is 114 Å². The van der Waals surface area contributed by atoms with Crippen LogP contribution in [0, 0.1) is 11.8 Å². The maximum atomic E-state index is 2.36. The smallest absolute Gasteiger partial charge is 0.00391 e. The highest BCUT2D eigenvalue weighted by Crippen LogP contribution is 2.23. The molecule has 0 aromatic heterocycles. The fraction of sp³-hybridized carbons (Fsp3) is 1.00. The van der Waals surface area contributed by atoms with Crippen molar-refractivity contribution in [2.45, 2.75) is 79.1 Å². The predicted molar refractivity (Wildman–Crippen MR) is 83.9 cm³/mol. The van der Waals surface area contributed by atoms with E-state index in [0.29, 0.717) is 0 Å². The molecule has 0 amide bonds. The van der Waals surface area contributed by atoms with Gasteiger partial charge < -0.3 is 0 Å². The molecule has 0 N–H and O–H groups in total. The van der Waals surface area contributed by atoms with E-state index in [1.807, 2.05) is 0 Å². The second kappa shape index (κ2) is 12.8. The third-order valence-corrected chi connectivity index (χ3v) is 5.21. The number of hydrogen-bond acceptors (Lipinski definition) is 1. The summed E-state index contributed by atoms with van der Waals surface area (Å²) in [5.74, 6) is 4.75. The molecule has 104 valence electrons. The van der Waals surface area contributed by atoms with Crippen LogP contribution in [0.2, 0.25) is 0 Å². The molecule has 0 radical (unpaired) electrons. The minimum absolute atomic E-state index is 0.976. The van der Waals surface area contributed by atoms with Crippen LogP contribution >= 0.6 is 11.8 Å². The van der Waals surface area contributed by atoms with E-state index in [4.69, 9.17) is 0 Å². The molecule has 0 bridgehead atoms. The molecule has 0 aliphatic heterocycles. The summed E-state index contributed by atoms with van der Waals surface area (Å²) in [5, 5.41) is 0. The Hall–Kier alpha value is 0.350. The number of rotatable bonds is 12. The fourth-order valence-electron chi connectivity index (χ4n) is 2.20. The molecule has 0 saturated carbocycles. The second-order valence-corrected chi connectivity index (χ2v) is 6.45. The van der Waals surface area contributed by atoms with E-state index in [2.05, 4.69) is 39.5 Å². The summed E-state index contributed by atoms with van der Waals surface area (Å²) in [6.07, 6.45) is 11.2. The molecule has 0 saturated heterocycles. The zero-order chi connectivity index (χ0) is 12.9. The van der Waals surface area contributed by atoms with Crippen LogP contribution < -0.4 is 0 Å². The van der Waals surface area contributed by atoms with Crippen molar-refractivity contribution in [2.75, 3.05) is 11.5 Å². The predicted octanol–water partition coefficient (Wildman–Crippen LogP) is 6.15. The Bertz CT molecular complexity index is 128. The first kappa shape index (κ1) is 17.4. The molecule has 17 heavy (non-hydrogen) atoms. The highest BCUT2D eigenvalue weighted by molar-refractivity contribution is 7.99. The van der Waals surface area contributed by atoms with E-state index in [1.54, 1.807) is 0 Å². The van der Waals surface area contributed by atoms with Gasteiger partial charge in [-0.1, -0.05) is 66.2 Å². The van der Waals surface area contributed by atoms with Gasteiger partial charge >= 0.3 is 0 Å². The van der Waals surface area contributed by atoms with E-state index in [1.165, 1.54) is 62.9 Å². The molecule has 0 heterocycles.